The molecule has 1 unspecified atom stereocenters. The third-order valence-electron chi connectivity index (χ3n) is 2.01. The Morgan fingerprint density at radius 3 is 2.57 bits per heavy atom. The van der Waals surface area contributed by atoms with Crippen LogP contribution in [0.4, 0.5) is 0 Å². The number of hydrogen-bond donors (Lipinski definition) is 1. The number of aryl methyl sites for hydroxylation is 1. The van der Waals surface area contributed by atoms with Gasteiger partial charge >= 0.3 is 0 Å². The third kappa shape index (κ3) is 1.49. The van der Waals surface area contributed by atoms with Crippen LogP contribution in [-0.4, -0.2) is 25.3 Å². The number of nitrogens with zero attached hydrogens (tertiary/aromatic N) is 4. The average molecular weight is 190 g/mol. The minimum absolute atomic E-state index is 0.441. The standard InChI is InChI=1S/C9H10N4O/c1-13-9(10-11-12-13)8(14)7-5-3-2-4-6-7/h2-6,8,14H,1H3. The third-order valence-corrected chi connectivity index (χ3v) is 2.01. The fraction of sp³-hybridized carbons (Fsp3) is 0.222. The number of rotatable bonds is 2. The van der Waals surface area contributed by atoms with Crippen LogP contribution in [0.3, 0.4) is 0 Å². The molecule has 0 bridgehead atoms. The predicted octanol–water partition coefficient (Wildman–Crippen LogP) is 0.292. The fourth-order valence-electron chi connectivity index (χ4n) is 1.25. The maximum absolute atomic E-state index is 9.90. The molecular formula is C9H10N4O. The SMILES string of the molecule is Cn1nnnc1C(O)c1ccccc1. The van der Waals surface area contributed by atoms with E-state index < -0.39 is 6.10 Å². The van der Waals surface area contributed by atoms with Gasteiger partial charge in [0.2, 0.25) is 0 Å². The van der Waals surface area contributed by atoms with Crippen LogP contribution in [0, 0.1) is 0 Å². The molecule has 1 N–H and O–H groups in total. The van der Waals surface area contributed by atoms with E-state index in [1.807, 2.05) is 30.3 Å². The number of aromatic nitrogens is 4. The summed E-state index contributed by atoms with van der Waals surface area (Å²) < 4.78 is 1.46. The van der Waals surface area contributed by atoms with Crippen LogP contribution in [0.5, 0.6) is 0 Å². The molecule has 0 fully saturated rings. The quantitative estimate of drug-likeness (QED) is 0.739. The zero-order chi connectivity index (χ0) is 9.97. The Labute approximate surface area is 81.0 Å². The van der Waals surface area contributed by atoms with E-state index in [4.69, 9.17) is 0 Å². The smallest absolute Gasteiger partial charge is 0.184 e. The highest BCUT2D eigenvalue weighted by atomic mass is 16.3. The Kier molecular flexibility index (Phi) is 2.24. The highest BCUT2D eigenvalue weighted by molar-refractivity contribution is 5.21. The van der Waals surface area contributed by atoms with Gasteiger partial charge in [0.25, 0.3) is 0 Å². The zero-order valence-electron chi connectivity index (χ0n) is 7.70. The van der Waals surface area contributed by atoms with E-state index in [1.54, 1.807) is 7.05 Å². The lowest BCUT2D eigenvalue weighted by Gasteiger charge is -2.07. The minimum Gasteiger partial charge on any atom is -0.380 e. The fourth-order valence-corrected chi connectivity index (χ4v) is 1.25. The highest BCUT2D eigenvalue weighted by Gasteiger charge is 2.15. The van der Waals surface area contributed by atoms with E-state index in [9.17, 15) is 5.11 Å². The molecule has 0 aliphatic carbocycles. The molecule has 0 aliphatic heterocycles. The van der Waals surface area contributed by atoms with Gasteiger partial charge in [0, 0.05) is 7.05 Å². The topological polar surface area (TPSA) is 63.8 Å². The van der Waals surface area contributed by atoms with Gasteiger partial charge in [0.1, 0.15) is 6.10 Å². The zero-order valence-corrected chi connectivity index (χ0v) is 7.70. The maximum Gasteiger partial charge on any atom is 0.184 e. The number of aliphatic hydroxyl groups is 1. The van der Waals surface area contributed by atoms with Crippen molar-refractivity contribution in [1.82, 2.24) is 20.2 Å². The largest absolute Gasteiger partial charge is 0.380 e. The summed E-state index contributed by atoms with van der Waals surface area (Å²) in [4.78, 5) is 0. The summed E-state index contributed by atoms with van der Waals surface area (Å²) >= 11 is 0. The van der Waals surface area contributed by atoms with Crippen LogP contribution in [0.2, 0.25) is 0 Å². The highest BCUT2D eigenvalue weighted by Crippen LogP contribution is 2.17. The van der Waals surface area contributed by atoms with Crippen molar-refractivity contribution in [3.05, 3.63) is 41.7 Å². The van der Waals surface area contributed by atoms with Crippen LogP contribution in [0.25, 0.3) is 0 Å². The Hall–Kier alpha value is -1.75. The molecular weight excluding hydrogens is 180 g/mol. The molecule has 0 spiro atoms. The van der Waals surface area contributed by atoms with Gasteiger partial charge in [-0.1, -0.05) is 30.3 Å². The van der Waals surface area contributed by atoms with E-state index in [-0.39, 0.29) is 0 Å². The molecule has 0 saturated heterocycles. The molecule has 5 heteroatoms. The summed E-state index contributed by atoms with van der Waals surface area (Å²) in [5.74, 6) is 0.441. The Morgan fingerprint density at radius 1 is 1.29 bits per heavy atom. The van der Waals surface area contributed by atoms with E-state index in [0.29, 0.717) is 5.82 Å². The second-order valence-electron chi connectivity index (χ2n) is 2.97. The summed E-state index contributed by atoms with van der Waals surface area (Å²) in [7, 11) is 1.70. The van der Waals surface area contributed by atoms with Gasteiger partial charge < -0.3 is 5.11 Å². The molecule has 72 valence electrons. The molecule has 1 aromatic carbocycles. The maximum atomic E-state index is 9.90. The molecule has 2 aromatic rings. The number of aliphatic hydroxyl groups excluding tert-OH is 1. The molecule has 0 amide bonds. The molecule has 2 rings (SSSR count). The second-order valence-corrected chi connectivity index (χ2v) is 2.97. The Balaban J connectivity index is 2.34. The van der Waals surface area contributed by atoms with Gasteiger partial charge in [-0.25, -0.2) is 4.68 Å². The molecule has 5 nitrogen and oxygen atoms in total. The molecule has 1 atom stereocenters. The first kappa shape index (κ1) is 8.83. The van der Waals surface area contributed by atoms with Crippen molar-refractivity contribution in [2.45, 2.75) is 6.10 Å². The van der Waals surface area contributed by atoms with Gasteiger partial charge in [-0.05, 0) is 16.0 Å². The van der Waals surface area contributed by atoms with Crippen LogP contribution in [-0.2, 0) is 7.05 Å². The molecule has 0 aliphatic rings. The van der Waals surface area contributed by atoms with E-state index >= 15 is 0 Å². The average Bonchev–Trinajstić information content (AvgIpc) is 2.65. The Morgan fingerprint density at radius 2 is 2.00 bits per heavy atom. The summed E-state index contributed by atoms with van der Waals surface area (Å²) in [6, 6.07) is 9.29. The van der Waals surface area contributed by atoms with Gasteiger partial charge in [0.05, 0.1) is 0 Å². The first-order valence-corrected chi connectivity index (χ1v) is 4.24. The number of hydrogen-bond acceptors (Lipinski definition) is 4. The summed E-state index contributed by atoms with van der Waals surface area (Å²) in [5.41, 5.74) is 0.783. The van der Waals surface area contributed by atoms with Crippen molar-refractivity contribution in [3.8, 4) is 0 Å². The monoisotopic (exact) mass is 190 g/mol. The van der Waals surface area contributed by atoms with Crippen molar-refractivity contribution in [3.63, 3.8) is 0 Å². The van der Waals surface area contributed by atoms with E-state index in [0.717, 1.165) is 5.56 Å². The van der Waals surface area contributed by atoms with Crippen LogP contribution >= 0.6 is 0 Å². The summed E-state index contributed by atoms with van der Waals surface area (Å²) in [6.45, 7) is 0. The Bertz CT molecular complexity index is 412. The molecule has 1 heterocycles. The molecule has 0 saturated carbocycles. The lowest BCUT2D eigenvalue weighted by molar-refractivity contribution is 0.204. The summed E-state index contributed by atoms with van der Waals surface area (Å²) in [6.07, 6.45) is -0.767. The van der Waals surface area contributed by atoms with Crippen molar-refractivity contribution in [2.24, 2.45) is 7.05 Å². The predicted molar refractivity (Wildman–Crippen MR) is 49.3 cm³/mol. The van der Waals surface area contributed by atoms with Crippen molar-refractivity contribution < 1.29 is 5.11 Å². The minimum atomic E-state index is -0.767. The number of tetrazole rings is 1. The van der Waals surface area contributed by atoms with Crippen LogP contribution < -0.4 is 0 Å². The van der Waals surface area contributed by atoms with Gasteiger partial charge in [-0.3, -0.25) is 0 Å². The second kappa shape index (κ2) is 3.55. The van der Waals surface area contributed by atoms with E-state index in [2.05, 4.69) is 15.5 Å². The first-order chi connectivity index (χ1) is 6.79. The van der Waals surface area contributed by atoms with Crippen molar-refractivity contribution >= 4 is 0 Å². The van der Waals surface area contributed by atoms with Crippen LogP contribution in [0.15, 0.2) is 30.3 Å². The first-order valence-electron chi connectivity index (χ1n) is 4.24. The van der Waals surface area contributed by atoms with E-state index in [1.165, 1.54) is 4.68 Å². The molecule has 1 aromatic heterocycles. The van der Waals surface area contributed by atoms with Gasteiger partial charge in [-0.2, -0.15) is 0 Å². The van der Waals surface area contributed by atoms with Gasteiger partial charge in [0.15, 0.2) is 5.82 Å². The lowest BCUT2D eigenvalue weighted by Crippen LogP contribution is -2.07. The van der Waals surface area contributed by atoms with Crippen LogP contribution in [0.1, 0.15) is 17.5 Å². The number of benzene rings is 1. The molecule has 14 heavy (non-hydrogen) atoms. The van der Waals surface area contributed by atoms with Gasteiger partial charge in [-0.15, -0.1) is 5.10 Å². The summed E-state index contributed by atoms with van der Waals surface area (Å²) in [5, 5.41) is 20.8. The van der Waals surface area contributed by atoms with Crippen molar-refractivity contribution in [1.29, 1.82) is 0 Å². The normalized spacial score (nSPS) is 12.7. The van der Waals surface area contributed by atoms with Crippen molar-refractivity contribution in [2.75, 3.05) is 0 Å². The molecule has 0 radical (unpaired) electrons. The lowest BCUT2D eigenvalue weighted by atomic mass is 10.1.